The van der Waals surface area contributed by atoms with Crippen LogP contribution in [-0.4, -0.2) is 31.1 Å². The lowest BCUT2D eigenvalue weighted by molar-refractivity contribution is -0.136. The zero-order chi connectivity index (χ0) is 23.8. The van der Waals surface area contributed by atoms with Gasteiger partial charge in [-0.05, 0) is 66.2 Å². The number of nitrogens with one attached hydrogen (secondary N) is 2. The van der Waals surface area contributed by atoms with Crippen LogP contribution in [0.1, 0.15) is 15.9 Å². The highest BCUT2D eigenvalue weighted by Crippen LogP contribution is 2.27. The van der Waals surface area contributed by atoms with Crippen LogP contribution in [0.15, 0.2) is 71.8 Å². The number of amides is 2. The predicted octanol–water partition coefficient (Wildman–Crippen LogP) is 4.31. The van der Waals surface area contributed by atoms with Crippen LogP contribution in [0.25, 0.3) is 0 Å². The molecule has 10 heteroatoms. The third kappa shape index (κ3) is 6.80. The van der Waals surface area contributed by atoms with Gasteiger partial charge in [-0.25, -0.2) is 10.2 Å². The Bertz CT molecular complexity index is 1210. The number of methoxy groups -OCH3 is 1. The van der Waals surface area contributed by atoms with Crippen LogP contribution in [-0.2, 0) is 9.59 Å². The van der Waals surface area contributed by atoms with Crippen molar-refractivity contribution in [2.75, 3.05) is 12.4 Å². The van der Waals surface area contributed by atoms with Gasteiger partial charge in [0.15, 0.2) is 0 Å². The molecule has 0 aromatic heterocycles. The van der Waals surface area contributed by atoms with Crippen LogP contribution in [0.3, 0.4) is 0 Å². The van der Waals surface area contributed by atoms with Gasteiger partial charge in [-0.2, -0.15) is 5.10 Å². The Labute approximate surface area is 199 Å². The molecule has 0 fully saturated rings. The average Bonchev–Trinajstić information content (AvgIpc) is 2.80. The largest absolute Gasteiger partial charge is 0.495 e. The Balaban J connectivity index is 1.53. The van der Waals surface area contributed by atoms with Crippen molar-refractivity contribution in [1.82, 2.24) is 5.43 Å². The summed E-state index contributed by atoms with van der Waals surface area (Å²) in [5.41, 5.74) is 3.29. The molecule has 0 radical (unpaired) electrons. The van der Waals surface area contributed by atoms with Crippen LogP contribution < -0.4 is 20.2 Å². The third-order valence-electron chi connectivity index (χ3n) is 4.15. The van der Waals surface area contributed by atoms with Crippen molar-refractivity contribution in [3.05, 3.63) is 87.9 Å². The number of halogens is 2. The van der Waals surface area contributed by atoms with Gasteiger partial charge in [0.2, 0.25) is 0 Å². The summed E-state index contributed by atoms with van der Waals surface area (Å²) >= 11 is 11.8. The number of hydrogen-bond acceptors (Lipinski definition) is 6. The minimum Gasteiger partial charge on any atom is -0.495 e. The van der Waals surface area contributed by atoms with Gasteiger partial charge in [-0.3, -0.25) is 9.59 Å². The molecule has 3 aromatic rings. The Kier molecular flexibility index (Phi) is 8.01. The van der Waals surface area contributed by atoms with Crippen molar-refractivity contribution < 1.29 is 23.9 Å². The molecule has 8 nitrogen and oxygen atoms in total. The van der Waals surface area contributed by atoms with Gasteiger partial charge in [0, 0.05) is 10.0 Å². The Morgan fingerprint density at radius 1 is 0.909 bits per heavy atom. The summed E-state index contributed by atoms with van der Waals surface area (Å²) in [6.07, 6.45) is 1.33. The maximum Gasteiger partial charge on any atom is 0.343 e. The number of anilines is 1. The SMILES string of the molecule is COc1ccc(Cl)cc1NC(=O)C(=O)NN=Cc1ccc(OC(=O)c2cccc(Cl)c2)cc1. The van der Waals surface area contributed by atoms with E-state index in [-0.39, 0.29) is 5.69 Å². The van der Waals surface area contributed by atoms with Gasteiger partial charge >= 0.3 is 17.8 Å². The lowest BCUT2D eigenvalue weighted by Crippen LogP contribution is -2.32. The molecule has 0 bridgehead atoms. The van der Waals surface area contributed by atoms with Crippen molar-refractivity contribution in [3.63, 3.8) is 0 Å². The lowest BCUT2D eigenvalue weighted by Gasteiger charge is -2.09. The molecule has 2 amide bonds. The van der Waals surface area contributed by atoms with Gasteiger partial charge in [0.25, 0.3) is 0 Å². The van der Waals surface area contributed by atoms with Gasteiger partial charge in [-0.1, -0.05) is 29.3 Å². The summed E-state index contributed by atoms with van der Waals surface area (Å²) in [6.45, 7) is 0. The summed E-state index contributed by atoms with van der Waals surface area (Å²) in [5.74, 6) is -1.82. The number of rotatable bonds is 6. The van der Waals surface area contributed by atoms with Crippen molar-refractivity contribution >= 4 is 52.9 Å². The van der Waals surface area contributed by atoms with E-state index in [9.17, 15) is 14.4 Å². The summed E-state index contributed by atoms with van der Waals surface area (Å²) in [4.78, 5) is 36.2. The van der Waals surface area contributed by atoms with E-state index in [0.717, 1.165) is 0 Å². The second-order valence-corrected chi connectivity index (χ2v) is 7.34. The number of ether oxygens (including phenoxy) is 2. The monoisotopic (exact) mass is 485 g/mol. The molecular formula is C23H17Cl2N3O5. The van der Waals surface area contributed by atoms with Crippen molar-refractivity contribution in [1.29, 1.82) is 0 Å². The van der Waals surface area contributed by atoms with E-state index in [1.807, 2.05) is 0 Å². The highest BCUT2D eigenvalue weighted by Gasteiger charge is 2.15. The number of hydrazone groups is 1. The van der Waals surface area contributed by atoms with E-state index in [1.165, 1.54) is 25.5 Å². The molecule has 0 heterocycles. The van der Waals surface area contributed by atoms with Gasteiger partial charge in [0.05, 0.1) is 24.6 Å². The molecule has 3 rings (SSSR count). The molecule has 33 heavy (non-hydrogen) atoms. The zero-order valence-electron chi connectivity index (χ0n) is 17.2. The minimum atomic E-state index is -0.986. The Morgan fingerprint density at radius 3 is 2.33 bits per heavy atom. The van der Waals surface area contributed by atoms with E-state index < -0.39 is 17.8 Å². The van der Waals surface area contributed by atoms with E-state index in [0.29, 0.717) is 32.7 Å². The molecule has 2 N–H and O–H groups in total. The molecule has 0 saturated heterocycles. The standard InChI is InChI=1S/C23H17Cl2N3O5/c1-32-20-10-7-17(25)12-19(20)27-21(29)22(30)28-26-13-14-5-8-18(9-6-14)33-23(31)15-3-2-4-16(24)11-15/h2-13H,1H3,(H,27,29)(H,28,30). The molecule has 0 saturated carbocycles. The number of hydrogen-bond donors (Lipinski definition) is 2. The molecule has 0 aliphatic carbocycles. The molecule has 3 aromatic carbocycles. The summed E-state index contributed by atoms with van der Waals surface area (Å²) in [5, 5.41) is 6.95. The second-order valence-electron chi connectivity index (χ2n) is 6.47. The van der Waals surface area contributed by atoms with Crippen LogP contribution in [0.4, 0.5) is 5.69 Å². The molecule has 0 aliphatic rings. The first-order valence-electron chi connectivity index (χ1n) is 9.41. The fourth-order valence-corrected chi connectivity index (χ4v) is 2.94. The maximum atomic E-state index is 12.1. The molecular weight excluding hydrogens is 469 g/mol. The molecule has 168 valence electrons. The maximum absolute atomic E-state index is 12.1. The predicted molar refractivity (Wildman–Crippen MR) is 125 cm³/mol. The quantitative estimate of drug-likeness (QED) is 0.178. The van der Waals surface area contributed by atoms with Crippen molar-refractivity contribution in [2.24, 2.45) is 5.10 Å². The smallest absolute Gasteiger partial charge is 0.343 e. The van der Waals surface area contributed by atoms with Crippen LogP contribution in [0.5, 0.6) is 11.5 Å². The molecule has 0 unspecified atom stereocenters. The number of carbonyl (C=O) groups is 3. The first-order chi connectivity index (χ1) is 15.9. The van der Waals surface area contributed by atoms with E-state index in [4.69, 9.17) is 32.7 Å². The first kappa shape index (κ1) is 23.8. The van der Waals surface area contributed by atoms with E-state index in [2.05, 4.69) is 15.8 Å². The van der Waals surface area contributed by atoms with Crippen molar-refractivity contribution in [2.45, 2.75) is 0 Å². The fraction of sp³-hybridized carbons (Fsp3) is 0.0435. The van der Waals surface area contributed by atoms with Crippen molar-refractivity contribution in [3.8, 4) is 11.5 Å². The van der Waals surface area contributed by atoms with Gasteiger partial charge in [-0.15, -0.1) is 0 Å². The topological polar surface area (TPSA) is 106 Å². The fourth-order valence-electron chi connectivity index (χ4n) is 2.58. The van der Waals surface area contributed by atoms with Crippen LogP contribution in [0.2, 0.25) is 10.0 Å². The normalized spacial score (nSPS) is 10.5. The summed E-state index contributed by atoms with van der Waals surface area (Å²) in [6, 6.07) is 17.4. The molecule has 0 atom stereocenters. The summed E-state index contributed by atoms with van der Waals surface area (Å²) < 4.78 is 10.4. The van der Waals surface area contributed by atoms with Gasteiger partial charge in [0.1, 0.15) is 11.5 Å². The highest BCUT2D eigenvalue weighted by atomic mass is 35.5. The van der Waals surface area contributed by atoms with Gasteiger partial charge < -0.3 is 14.8 Å². The second kappa shape index (κ2) is 11.1. The molecule has 0 aliphatic heterocycles. The number of nitrogens with zero attached hydrogens (tertiary/aromatic N) is 1. The molecule has 0 spiro atoms. The van der Waals surface area contributed by atoms with E-state index in [1.54, 1.807) is 54.6 Å². The van der Waals surface area contributed by atoms with Crippen LogP contribution in [0, 0.1) is 0 Å². The first-order valence-corrected chi connectivity index (χ1v) is 10.2. The summed E-state index contributed by atoms with van der Waals surface area (Å²) in [7, 11) is 1.42. The minimum absolute atomic E-state index is 0.247. The highest BCUT2D eigenvalue weighted by molar-refractivity contribution is 6.40. The van der Waals surface area contributed by atoms with Crippen LogP contribution >= 0.6 is 23.2 Å². The number of carbonyl (C=O) groups excluding carboxylic acids is 3. The Hall–Kier alpha value is -3.88. The average molecular weight is 486 g/mol. The van der Waals surface area contributed by atoms with E-state index >= 15 is 0 Å². The number of esters is 1. The third-order valence-corrected chi connectivity index (χ3v) is 4.62. The lowest BCUT2D eigenvalue weighted by atomic mass is 10.2. The number of benzene rings is 3. The Morgan fingerprint density at radius 2 is 1.64 bits per heavy atom. The zero-order valence-corrected chi connectivity index (χ0v) is 18.7.